The van der Waals surface area contributed by atoms with Crippen molar-refractivity contribution in [3.05, 3.63) is 28.2 Å². The van der Waals surface area contributed by atoms with Crippen LogP contribution in [0.15, 0.2) is 22.7 Å². The smallest absolute Gasteiger partial charge is 0.120 e. The van der Waals surface area contributed by atoms with Gasteiger partial charge in [-0.3, -0.25) is 0 Å². The Hall–Kier alpha value is -0.0200. The Morgan fingerprint density at radius 1 is 1.17 bits per heavy atom. The van der Waals surface area contributed by atoms with Crippen LogP contribution in [0.2, 0.25) is 0 Å². The normalized spacial score (nSPS) is 12.8. The Labute approximate surface area is 128 Å². The fraction of sp³-hybridized carbons (Fsp3) is 0.600. The van der Waals surface area contributed by atoms with Crippen molar-refractivity contribution in [2.24, 2.45) is 5.92 Å². The first kappa shape index (κ1) is 16.0. The summed E-state index contributed by atoms with van der Waals surface area (Å²) in [6.07, 6.45) is 5.01. The van der Waals surface area contributed by atoms with E-state index in [0.717, 1.165) is 10.2 Å². The largest absolute Gasteiger partial charge is 0.497 e. The number of hydrogen-bond donors (Lipinski definition) is 0. The van der Waals surface area contributed by atoms with Gasteiger partial charge < -0.3 is 4.74 Å². The molecule has 1 rings (SSSR count). The van der Waals surface area contributed by atoms with Crippen molar-refractivity contribution in [1.29, 1.82) is 0 Å². The molecule has 0 fully saturated rings. The molecule has 102 valence electrons. The highest BCUT2D eigenvalue weighted by atomic mass is 79.9. The van der Waals surface area contributed by atoms with Crippen molar-refractivity contribution < 1.29 is 4.74 Å². The lowest BCUT2D eigenvalue weighted by Crippen LogP contribution is -2.08. The summed E-state index contributed by atoms with van der Waals surface area (Å²) in [5.74, 6) is 1.59. The molecule has 3 heteroatoms. The third-order valence-electron chi connectivity index (χ3n) is 3.24. The predicted octanol–water partition coefficient (Wildman–Crippen LogP) is 6.11. The number of alkyl halides is 1. The van der Waals surface area contributed by atoms with E-state index in [1.807, 2.05) is 12.1 Å². The van der Waals surface area contributed by atoms with Crippen LogP contribution < -0.4 is 4.74 Å². The maximum Gasteiger partial charge on any atom is 0.120 e. The van der Waals surface area contributed by atoms with E-state index in [9.17, 15) is 0 Å². The highest BCUT2D eigenvalue weighted by Gasteiger charge is 2.21. The molecule has 1 aromatic rings. The summed E-state index contributed by atoms with van der Waals surface area (Å²) in [5.41, 5.74) is 1.32. The molecule has 18 heavy (non-hydrogen) atoms. The van der Waals surface area contributed by atoms with Gasteiger partial charge in [0.1, 0.15) is 5.75 Å². The Bertz CT molecular complexity index is 360. The zero-order valence-electron chi connectivity index (χ0n) is 11.4. The van der Waals surface area contributed by atoms with E-state index < -0.39 is 0 Å². The molecule has 0 amide bonds. The average molecular weight is 378 g/mol. The van der Waals surface area contributed by atoms with Crippen LogP contribution in [-0.2, 0) is 0 Å². The van der Waals surface area contributed by atoms with Gasteiger partial charge in [-0.25, -0.2) is 0 Å². The van der Waals surface area contributed by atoms with Gasteiger partial charge in [0.05, 0.1) is 7.11 Å². The Kier molecular flexibility index (Phi) is 7.31. The summed E-state index contributed by atoms with van der Waals surface area (Å²) in [5, 5.41) is 0. The second-order valence-corrected chi connectivity index (χ2v) is 6.47. The molecule has 1 atom stereocenters. The van der Waals surface area contributed by atoms with Crippen molar-refractivity contribution in [3.63, 3.8) is 0 Å². The van der Waals surface area contributed by atoms with Crippen LogP contribution in [0.5, 0.6) is 5.75 Å². The lowest BCUT2D eigenvalue weighted by atomic mass is 9.91. The monoisotopic (exact) mass is 376 g/mol. The van der Waals surface area contributed by atoms with Crippen LogP contribution in [0.4, 0.5) is 0 Å². The van der Waals surface area contributed by atoms with Gasteiger partial charge in [-0.15, -0.1) is 0 Å². The number of ether oxygens (including phenoxy) is 1. The fourth-order valence-corrected chi connectivity index (χ4v) is 4.13. The molecule has 1 nitrogen and oxygen atoms in total. The fourth-order valence-electron chi connectivity index (χ4n) is 2.29. The maximum absolute atomic E-state index is 5.24. The van der Waals surface area contributed by atoms with Gasteiger partial charge in [-0.1, -0.05) is 64.6 Å². The van der Waals surface area contributed by atoms with Gasteiger partial charge in [0, 0.05) is 9.30 Å². The van der Waals surface area contributed by atoms with Crippen molar-refractivity contribution >= 4 is 31.9 Å². The second-order valence-electron chi connectivity index (χ2n) is 4.63. The number of halogens is 2. The summed E-state index contributed by atoms with van der Waals surface area (Å²) in [6.45, 7) is 4.51. The van der Waals surface area contributed by atoms with Gasteiger partial charge in [-0.2, -0.15) is 0 Å². The minimum Gasteiger partial charge on any atom is -0.497 e. The molecule has 0 heterocycles. The van der Waals surface area contributed by atoms with E-state index in [1.54, 1.807) is 7.11 Å². The molecule has 0 saturated heterocycles. The second kappa shape index (κ2) is 8.21. The van der Waals surface area contributed by atoms with Gasteiger partial charge in [0.25, 0.3) is 0 Å². The van der Waals surface area contributed by atoms with Crippen LogP contribution in [-0.4, -0.2) is 7.11 Å². The zero-order chi connectivity index (χ0) is 13.5. The van der Waals surface area contributed by atoms with Crippen molar-refractivity contribution in [3.8, 4) is 5.75 Å². The molecule has 0 aliphatic carbocycles. The average Bonchev–Trinajstić information content (AvgIpc) is 2.37. The van der Waals surface area contributed by atoms with Crippen LogP contribution in [0.3, 0.4) is 0 Å². The molecule has 0 N–H and O–H groups in total. The first-order valence-electron chi connectivity index (χ1n) is 6.61. The summed E-state index contributed by atoms with van der Waals surface area (Å²) >= 11 is 7.53. The van der Waals surface area contributed by atoms with Crippen molar-refractivity contribution in [2.45, 2.75) is 44.4 Å². The Morgan fingerprint density at radius 3 is 2.22 bits per heavy atom. The number of benzene rings is 1. The van der Waals surface area contributed by atoms with Gasteiger partial charge in [0.15, 0.2) is 0 Å². The third kappa shape index (κ3) is 4.27. The molecule has 0 saturated carbocycles. The van der Waals surface area contributed by atoms with E-state index >= 15 is 0 Å². The first-order chi connectivity index (χ1) is 8.63. The molecule has 0 aliphatic heterocycles. The minimum atomic E-state index is 0.415. The summed E-state index contributed by atoms with van der Waals surface area (Å²) < 4.78 is 6.37. The maximum atomic E-state index is 5.24. The quantitative estimate of drug-likeness (QED) is 0.520. The van der Waals surface area contributed by atoms with Crippen LogP contribution in [0.25, 0.3) is 0 Å². The molecule has 0 radical (unpaired) electrons. The van der Waals surface area contributed by atoms with Gasteiger partial charge >= 0.3 is 0 Å². The van der Waals surface area contributed by atoms with Gasteiger partial charge in [-0.05, 0) is 36.5 Å². The standard InChI is InChI=1S/C15H22Br2O/c1-4-6-11(7-5-2)15(17)13-9-8-12(18-3)10-14(13)16/h8-11,15H,4-7H2,1-3H3. The molecule has 0 aromatic heterocycles. The van der Waals surface area contributed by atoms with Crippen molar-refractivity contribution in [2.75, 3.05) is 7.11 Å². The Morgan fingerprint density at radius 2 is 1.78 bits per heavy atom. The first-order valence-corrected chi connectivity index (χ1v) is 8.32. The third-order valence-corrected chi connectivity index (χ3v) is 5.17. The van der Waals surface area contributed by atoms with E-state index in [0.29, 0.717) is 10.7 Å². The molecule has 0 bridgehead atoms. The lowest BCUT2D eigenvalue weighted by molar-refractivity contribution is 0.413. The van der Waals surface area contributed by atoms with E-state index in [4.69, 9.17) is 4.74 Å². The van der Waals surface area contributed by atoms with Crippen LogP contribution in [0, 0.1) is 5.92 Å². The molecular weight excluding hydrogens is 356 g/mol. The summed E-state index contributed by atoms with van der Waals surface area (Å²) in [7, 11) is 1.70. The number of methoxy groups -OCH3 is 1. The lowest BCUT2D eigenvalue weighted by Gasteiger charge is -2.23. The van der Waals surface area contributed by atoms with Crippen LogP contribution >= 0.6 is 31.9 Å². The van der Waals surface area contributed by atoms with E-state index in [-0.39, 0.29) is 0 Å². The predicted molar refractivity (Wildman–Crippen MR) is 85.7 cm³/mol. The van der Waals surface area contributed by atoms with E-state index in [1.165, 1.54) is 31.2 Å². The molecule has 0 aliphatic rings. The van der Waals surface area contributed by atoms with Crippen LogP contribution in [0.1, 0.15) is 49.9 Å². The summed E-state index contributed by atoms with van der Waals surface area (Å²) in [6, 6.07) is 6.22. The minimum absolute atomic E-state index is 0.415. The summed E-state index contributed by atoms with van der Waals surface area (Å²) in [4.78, 5) is 0.415. The molecule has 1 unspecified atom stereocenters. The van der Waals surface area contributed by atoms with Gasteiger partial charge in [0.2, 0.25) is 0 Å². The topological polar surface area (TPSA) is 9.23 Å². The highest BCUT2D eigenvalue weighted by Crippen LogP contribution is 2.40. The Balaban J connectivity index is 2.89. The van der Waals surface area contributed by atoms with E-state index in [2.05, 4.69) is 51.8 Å². The molecule has 0 spiro atoms. The zero-order valence-corrected chi connectivity index (χ0v) is 14.6. The molecular formula is C15H22Br2O. The SMILES string of the molecule is CCCC(CCC)C(Br)c1ccc(OC)cc1Br. The molecule has 1 aromatic carbocycles. The van der Waals surface area contributed by atoms with Crippen molar-refractivity contribution in [1.82, 2.24) is 0 Å². The highest BCUT2D eigenvalue weighted by molar-refractivity contribution is 9.11. The number of hydrogen-bond acceptors (Lipinski definition) is 1. The number of rotatable bonds is 7.